The van der Waals surface area contributed by atoms with Crippen LogP contribution >= 0.6 is 11.6 Å². The lowest BCUT2D eigenvalue weighted by atomic mass is 10.1. The Balaban J connectivity index is 1.96. The van der Waals surface area contributed by atoms with Crippen molar-refractivity contribution < 1.29 is 27.8 Å². The third-order valence-corrected chi connectivity index (χ3v) is 3.83. The van der Waals surface area contributed by atoms with Crippen molar-refractivity contribution in [3.05, 3.63) is 47.0 Å². The van der Waals surface area contributed by atoms with Crippen LogP contribution in [0.5, 0.6) is 17.2 Å². The van der Waals surface area contributed by atoms with Gasteiger partial charge in [-0.3, -0.25) is 4.79 Å². The van der Waals surface area contributed by atoms with Crippen LogP contribution in [0.2, 0.25) is 5.02 Å². The van der Waals surface area contributed by atoms with Gasteiger partial charge in [-0.05, 0) is 24.1 Å². The topological polar surface area (TPSA) is 56.8 Å². The van der Waals surface area contributed by atoms with Crippen LogP contribution in [-0.4, -0.2) is 26.7 Å². The number of rotatable bonds is 8. The first-order valence-electron chi connectivity index (χ1n) is 7.68. The molecule has 5 nitrogen and oxygen atoms in total. The average molecular weight is 386 g/mol. The number of benzene rings is 2. The van der Waals surface area contributed by atoms with Gasteiger partial charge < -0.3 is 19.5 Å². The molecule has 2 rings (SSSR count). The quantitative estimate of drug-likeness (QED) is 0.725. The molecule has 0 saturated carbocycles. The molecule has 26 heavy (non-hydrogen) atoms. The van der Waals surface area contributed by atoms with E-state index in [0.29, 0.717) is 28.6 Å². The molecule has 8 heteroatoms. The summed E-state index contributed by atoms with van der Waals surface area (Å²) in [4.78, 5) is 12.2. The summed E-state index contributed by atoms with van der Waals surface area (Å²) in [5.74, 6) is 0.668. The molecule has 2 aromatic carbocycles. The van der Waals surface area contributed by atoms with Crippen LogP contribution in [0.1, 0.15) is 12.0 Å². The number of amides is 1. The lowest BCUT2D eigenvalue weighted by molar-refractivity contribution is -0.116. The van der Waals surface area contributed by atoms with Gasteiger partial charge in [0.05, 0.1) is 24.9 Å². The van der Waals surface area contributed by atoms with E-state index in [1.54, 1.807) is 24.3 Å². The molecule has 0 spiro atoms. The highest BCUT2D eigenvalue weighted by atomic mass is 35.5. The third-order valence-electron chi connectivity index (χ3n) is 3.54. The van der Waals surface area contributed by atoms with Gasteiger partial charge in [-0.2, -0.15) is 8.78 Å². The Morgan fingerprint density at radius 1 is 1.12 bits per heavy atom. The van der Waals surface area contributed by atoms with E-state index in [-0.39, 0.29) is 18.1 Å². The molecule has 0 unspecified atom stereocenters. The van der Waals surface area contributed by atoms with Gasteiger partial charge in [0.2, 0.25) is 5.91 Å². The fourth-order valence-electron chi connectivity index (χ4n) is 2.27. The van der Waals surface area contributed by atoms with Gasteiger partial charge in [0.25, 0.3) is 0 Å². The molecule has 1 amide bonds. The van der Waals surface area contributed by atoms with E-state index in [2.05, 4.69) is 10.1 Å². The van der Waals surface area contributed by atoms with Gasteiger partial charge in [0, 0.05) is 18.6 Å². The Morgan fingerprint density at radius 2 is 1.77 bits per heavy atom. The van der Waals surface area contributed by atoms with Crippen LogP contribution in [0.25, 0.3) is 0 Å². The predicted molar refractivity (Wildman–Crippen MR) is 94.6 cm³/mol. The number of carbonyl (C=O) groups is 1. The molecule has 0 heterocycles. The van der Waals surface area contributed by atoms with Crippen LogP contribution < -0.4 is 19.5 Å². The van der Waals surface area contributed by atoms with Gasteiger partial charge in [0.1, 0.15) is 17.2 Å². The largest absolute Gasteiger partial charge is 0.495 e. The zero-order valence-corrected chi connectivity index (χ0v) is 15.0. The monoisotopic (exact) mass is 385 g/mol. The minimum Gasteiger partial charge on any atom is -0.495 e. The maximum atomic E-state index is 12.2. The van der Waals surface area contributed by atoms with E-state index in [9.17, 15) is 13.6 Å². The summed E-state index contributed by atoms with van der Waals surface area (Å²) in [6.07, 6.45) is 0.636. The van der Waals surface area contributed by atoms with Crippen LogP contribution in [-0.2, 0) is 11.2 Å². The first-order valence-corrected chi connectivity index (χ1v) is 8.06. The molecule has 0 atom stereocenters. The van der Waals surface area contributed by atoms with Crippen molar-refractivity contribution in [1.29, 1.82) is 0 Å². The van der Waals surface area contributed by atoms with Crippen LogP contribution in [0.15, 0.2) is 36.4 Å². The van der Waals surface area contributed by atoms with E-state index in [4.69, 9.17) is 21.1 Å². The Bertz CT molecular complexity index is 754. The van der Waals surface area contributed by atoms with Gasteiger partial charge in [-0.25, -0.2) is 0 Å². The zero-order valence-electron chi connectivity index (χ0n) is 14.2. The Morgan fingerprint density at radius 3 is 2.35 bits per heavy atom. The fraction of sp³-hybridized carbons (Fsp3) is 0.278. The van der Waals surface area contributed by atoms with E-state index < -0.39 is 6.61 Å². The van der Waals surface area contributed by atoms with Crippen molar-refractivity contribution in [2.45, 2.75) is 19.5 Å². The summed E-state index contributed by atoms with van der Waals surface area (Å²) in [5, 5.41) is 3.11. The maximum absolute atomic E-state index is 12.2. The molecule has 0 aliphatic carbocycles. The molecule has 1 N–H and O–H groups in total. The number of alkyl halides is 2. The molecule has 2 aromatic rings. The number of hydrogen-bond acceptors (Lipinski definition) is 4. The van der Waals surface area contributed by atoms with Crippen LogP contribution in [0, 0.1) is 0 Å². The summed E-state index contributed by atoms with van der Waals surface area (Å²) in [6.45, 7) is -2.86. The minimum absolute atomic E-state index is 0.0752. The molecule has 0 saturated heterocycles. The summed E-state index contributed by atoms with van der Waals surface area (Å²) < 4.78 is 38.9. The second-order valence-corrected chi connectivity index (χ2v) is 5.66. The van der Waals surface area contributed by atoms with Crippen LogP contribution in [0.4, 0.5) is 14.5 Å². The molecular formula is C18H18ClF2NO4. The lowest BCUT2D eigenvalue weighted by Crippen LogP contribution is -2.13. The van der Waals surface area contributed by atoms with Gasteiger partial charge in [-0.1, -0.05) is 23.7 Å². The van der Waals surface area contributed by atoms with Crippen molar-refractivity contribution in [1.82, 2.24) is 0 Å². The first-order chi connectivity index (χ1) is 12.4. The van der Waals surface area contributed by atoms with Crippen molar-refractivity contribution in [3.63, 3.8) is 0 Å². The summed E-state index contributed by atoms with van der Waals surface area (Å²) >= 11 is 6.03. The third kappa shape index (κ3) is 5.49. The van der Waals surface area contributed by atoms with Gasteiger partial charge in [0.15, 0.2) is 0 Å². The van der Waals surface area contributed by atoms with E-state index in [1.165, 1.54) is 26.4 Å². The zero-order chi connectivity index (χ0) is 19.1. The number of nitrogens with one attached hydrogen (secondary N) is 1. The second-order valence-electron chi connectivity index (χ2n) is 5.26. The maximum Gasteiger partial charge on any atom is 0.387 e. The molecule has 0 fully saturated rings. The summed E-state index contributed by atoms with van der Waals surface area (Å²) in [6, 6.07) is 9.28. The van der Waals surface area contributed by atoms with Crippen molar-refractivity contribution in [2.75, 3.05) is 19.5 Å². The number of hydrogen-bond donors (Lipinski definition) is 1. The second kappa shape index (κ2) is 9.24. The number of aryl methyl sites for hydroxylation is 1. The van der Waals surface area contributed by atoms with Crippen molar-refractivity contribution in [2.24, 2.45) is 0 Å². The lowest BCUT2D eigenvalue weighted by Gasteiger charge is -2.13. The van der Waals surface area contributed by atoms with Crippen LogP contribution in [0.3, 0.4) is 0 Å². The highest BCUT2D eigenvalue weighted by molar-refractivity contribution is 6.32. The molecular weight excluding hydrogens is 368 g/mol. The van der Waals surface area contributed by atoms with E-state index in [1.807, 2.05) is 0 Å². The highest BCUT2D eigenvalue weighted by Crippen LogP contribution is 2.35. The highest BCUT2D eigenvalue weighted by Gasteiger charge is 2.13. The number of ether oxygens (including phenoxy) is 3. The Kier molecular flexibility index (Phi) is 7.03. The molecule has 0 aromatic heterocycles. The minimum atomic E-state index is -2.86. The van der Waals surface area contributed by atoms with Gasteiger partial charge >= 0.3 is 6.61 Å². The normalized spacial score (nSPS) is 10.5. The SMILES string of the molecule is COc1cc(NC(=O)CCc2ccc(OC(F)F)cc2)c(OC)cc1Cl. The fourth-order valence-corrected chi connectivity index (χ4v) is 2.50. The van der Waals surface area contributed by atoms with Gasteiger partial charge in [-0.15, -0.1) is 0 Å². The van der Waals surface area contributed by atoms with Crippen molar-refractivity contribution >= 4 is 23.2 Å². The standard InChI is InChI=1S/C18H18ClF2NO4/c1-24-15-10-14(16(25-2)9-13(15)19)22-17(23)8-5-11-3-6-12(7-4-11)26-18(20)21/h3-4,6-7,9-10,18H,5,8H2,1-2H3,(H,22,23). The molecule has 0 bridgehead atoms. The average Bonchev–Trinajstić information content (AvgIpc) is 2.61. The number of anilines is 1. The van der Waals surface area contributed by atoms with Crippen molar-refractivity contribution in [3.8, 4) is 17.2 Å². The number of carbonyl (C=O) groups excluding carboxylic acids is 1. The predicted octanol–water partition coefficient (Wildman–Crippen LogP) is 4.53. The molecule has 0 aliphatic rings. The summed E-state index contributed by atoms with van der Waals surface area (Å²) in [5.41, 5.74) is 1.27. The van der Waals surface area contributed by atoms with E-state index >= 15 is 0 Å². The molecule has 140 valence electrons. The smallest absolute Gasteiger partial charge is 0.387 e. The molecule has 0 radical (unpaired) electrons. The molecule has 0 aliphatic heterocycles. The number of halogens is 3. The number of methoxy groups -OCH3 is 2. The Labute approximate surface area is 154 Å². The first kappa shape index (κ1) is 19.8. The van der Waals surface area contributed by atoms with E-state index in [0.717, 1.165) is 5.56 Å². The summed E-state index contributed by atoms with van der Waals surface area (Å²) in [7, 11) is 2.94. The Hall–Kier alpha value is -2.54.